The average molecular weight is 181 g/mol. The first-order valence-electron chi connectivity index (χ1n) is 1.64. The Morgan fingerprint density at radius 1 is 2.00 bits per heavy atom. The second-order valence-electron chi connectivity index (χ2n) is 1.06. The molecular weight excluding hydrogens is 175 g/mol. The van der Waals surface area contributed by atoms with Crippen LogP contribution in [-0.2, 0) is 0 Å². The smallest absolute Gasteiger partial charge is 0.0985 e. The second-order valence-corrected chi connectivity index (χ2v) is 4.42. The molecule has 1 heteroatoms. The van der Waals surface area contributed by atoms with Crippen molar-refractivity contribution in [2.75, 3.05) is 4.43 Å². The zero-order valence-electron chi connectivity index (χ0n) is 2.95. The maximum absolute atomic E-state index is 3.65. The van der Waals surface area contributed by atoms with Crippen molar-refractivity contribution in [1.29, 1.82) is 0 Å². The van der Waals surface area contributed by atoms with Gasteiger partial charge in [0.25, 0.3) is 21.2 Å². The van der Waals surface area contributed by atoms with E-state index >= 15 is 0 Å². The zero-order chi connectivity index (χ0) is 3.70. The molecule has 0 aromatic rings. The van der Waals surface area contributed by atoms with Crippen molar-refractivity contribution < 1.29 is 21.2 Å². The molecule has 1 aliphatic rings. The molecule has 1 heterocycles. The maximum atomic E-state index is 3.65. The van der Waals surface area contributed by atoms with Gasteiger partial charge in [0.05, 0.1) is 0 Å². The monoisotopic (exact) mass is 181 g/mol. The normalized spacial score (nSPS) is 33.2. The summed E-state index contributed by atoms with van der Waals surface area (Å²) in [6.45, 7) is 3.65. The number of hydrogen-bond donors (Lipinski definition) is 0. The molecule has 0 N–H and O–H groups in total. The number of hydrogen-bond acceptors (Lipinski definition) is 0. The Bertz CT molecular complexity index is 45.6. The van der Waals surface area contributed by atoms with Gasteiger partial charge in [0.1, 0.15) is 0 Å². The summed E-state index contributed by atoms with van der Waals surface area (Å²) in [5.41, 5.74) is 0. The van der Waals surface area contributed by atoms with Crippen molar-refractivity contribution in [2.24, 2.45) is 0 Å². The van der Waals surface area contributed by atoms with Crippen molar-refractivity contribution in [3.8, 4) is 0 Å². The third-order valence-electron chi connectivity index (χ3n) is 0.588. The van der Waals surface area contributed by atoms with Crippen molar-refractivity contribution in [3.63, 3.8) is 0 Å². The van der Waals surface area contributed by atoms with Gasteiger partial charge in [-0.15, -0.1) is 0 Å². The van der Waals surface area contributed by atoms with E-state index in [2.05, 4.69) is 12.7 Å². The molecule has 1 saturated heterocycles. The standard InChI is InChI=1S/C4H6I/c1-2-4-3-5-4/h2,4H,1,3H2/q+1. The Morgan fingerprint density at radius 2 is 2.60 bits per heavy atom. The highest BCUT2D eigenvalue weighted by molar-refractivity contribution is 4.82. The van der Waals surface area contributed by atoms with Gasteiger partial charge in [-0.05, 0) is 6.08 Å². The van der Waals surface area contributed by atoms with E-state index in [1.807, 2.05) is 0 Å². The van der Waals surface area contributed by atoms with Gasteiger partial charge in [-0.2, -0.15) is 0 Å². The van der Waals surface area contributed by atoms with E-state index in [-0.39, 0.29) is 0 Å². The van der Waals surface area contributed by atoms with E-state index in [0.717, 1.165) is 3.92 Å². The number of halogens is 1. The summed E-state index contributed by atoms with van der Waals surface area (Å²) in [5.74, 6) is 0. The Hall–Kier alpha value is 0.470. The minimum absolute atomic E-state index is 0.656. The molecule has 1 atom stereocenters. The van der Waals surface area contributed by atoms with Gasteiger partial charge in [-0.3, -0.25) is 0 Å². The summed E-state index contributed by atoms with van der Waals surface area (Å²) in [5, 5.41) is 0. The molecule has 0 aromatic carbocycles. The summed E-state index contributed by atoms with van der Waals surface area (Å²) in [6, 6.07) is 0. The van der Waals surface area contributed by atoms with Gasteiger partial charge < -0.3 is 0 Å². The van der Waals surface area contributed by atoms with Crippen molar-refractivity contribution in [2.45, 2.75) is 3.92 Å². The third kappa shape index (κ3) is 0.911. The summed E-state index contributed by atoms with van der Waals surface area (Å²) >= 11 is 0.656. The van der Waals surface area contributed by atoms with Crippen molar-refractivity contribution in [3.05, 3.63) is 12.7 Å². The lowest BCUT2D eigenvalue weighted by Crippen LogP contribution is -3.48. The van der Waals surface area contributed by atoms with Crippen LogP contribution in [0.1, 0.15) is 0 Å². The molecule has 1 unspecified atom stereocenters. The van der Waals surface area contributed by atoms with Crippen LogP contribution in [0.15, 0.2) is 12.7 Å². The van der Waals surface area contributed by atoms with Gasteiger partial charge in [-0.1, -0.05) is 6.58 Å². The molecule has 0 aliphatic carbocycles. The van der Waals surface area contributed by atoms with E-state index in [1.165, 1.54) is 4.43 Å². The van der Waals surface area contributed by atoms with Crippen molar-refractivity contribution in [1.82, 2.24) is 0 Å². The minimum atomic E-state index is 0.656. The first-order valence-corrected chi connectivity index (χ1v) is 4.41. The van der Waals surface area contributed by atoms with Crippen LogP contribution in [0.3, 0.4) is 0 Å². The lowest BCUT2D eigenvalue weighted by molar-refractivity contribution is -0.489. The molecule has 5 heavy (non-hydrogen) atoms. The van der Waals surface area contributed by atoms with E-state index in [0.29, 0.717) is 21.2 Å². The minimum Gasteiger partial charge on any atom is -0.0985 e. The summed E-state index contributed by atoms with van der Waals surface area (Å²) in [7, 11) is 0. The predicted molar refractivity (Wildman–Crippen MR) is 18.9 cm³/mol. The fraction of sp³-hybridized carbons (Fsp3) is 0.500. The number of allylic oxidation sites excluding steroid dienone is 1. The molecule has 1 fully saturated rings. The lowest BCUT2D eigenvalue weighted by atomic mass is 10.5. The summed E-state index contributed by atoms with van der Waals surface area (Å²) in [6.07, 6.45) is 2.08. The lowest BCUT2D eigenvalue weighted by Gasteiger charge is -1.47. The van der Waals surface area contributed by atoms with E-state index in [1.54, 1.807) is 0 Å². The van der Waals surface area contributed by atoms with Gasteiger partial charge in [0.2, 0.25) is 3.92 Å². The highest BCUT2D eigenvalue weighted by Crippen LogP contribution is 1.70. The van der Waals surface area contributed by atoms with Crippen LogP contribution in [0.4, 0.5) is 0 Å². The van der Waals surface area contributed by atoms with Crippen LogP contribution in [0.5, 0.6) is 0 Å². The second kappa shape index (κ2) is 1.29. The molecule has 0 bridgehead atoms. The first kappa shape index (κ1) is 3.65. The Labute approximate surface area is 42.5 Å². The molecule has 1 rings (SSSR count). The molecule has 0 aromatic heterocycles. The van der Waals surface area contributed by atoms with Gasteiger partial charge >= 0.3 is 0 Å². The highest BCUT2D eigenvalue weighted by atomic mass is 127. The van der Waals surface area contributed by atoms with Crippen LogP contribution >= 0.6 is 0 Å². The van der Waals surface area contributed by atoms with Gasteiger partial charge in [0.15, 0.2) is 4.43 Å². The van der Waals surface area contributed by atoms with Crippen molar-refractivity contribution >= 4 is 0 Å². The predicted octanol–water partition coefficient (Wildman–Crippen LogP) is -2.36. The Balaban J connectivity index is 2.21. The Morgan fingerprint density at radius 3 is 2.60 bits per heavy atom. The molecule has 0 saturated carbocycles. The topological polar surface area (TPSA) is 0 Å². The van der Waals surface area contributed by atoms with Crippen LogP contribution in [-0.4, -0.2) is 8.35 Å². The Kier molecular flexibility index (Phi) is 0.939. The average Bonchev–Trinajstić information content (AvgIpc) is 2.12. The fourth-order valence-electron chi connectivity index (χ4n) is 0.177. The SMILES string of the molecule is C=CC1C[I+]1. The van der Waals surface area contributed by atoms with E-state index < -0.39 is 0 Å². The van der Waals surface area contributed by atoms with Gasteiger partial charge in [0, 0.05) is 0 Å². The molecule has 0 nitrogen and oxygen atoms in total. The zero-order valence-corrected chi connectivity index (χ0v) is 5.10. The molecule has 1 aliphatic heterocycles. The largest absolute Gasteiger partial charge is 0.286 e. The highest BCUT2D eigenvalue weighted by Gasteiger charge is 2.40. The molecule has 0 amide bonds. The number of rotatable bonds is 1. The van der Waals surface area contributed by atoms with Crippen LogP contribution in [0.2, 0.25) is 0 Å². The molecule has 28 valence electrons. The molecular formula is C4H6I+. The molecule has 0 radical (unpaired) electrons. The van der Waals surface area contributed by atoms with Crippen LogP contribution in [0.25, 0.3) is 0 Å². The summed E-state index contributed by atoms with van der Waals surface area (Å²) in [4.78, 5) is 0. The van der Waals surface area contributed by atoms with Crippen LogP contribution in [0, 0.1) is 0 Å². The summed E-state index contributed by atoms with van der Waals surface area (Å²) < 4.78 is 2.51. The van der Waals surface area contributed by atoms with Crippen LogP contribution < -0.4 is 21.2 Å². The third-order valence-corrected chi connectivity index (χ3v) is 2.99. The van der Waals surface area contributed by atoms with E-state index in [4.69, 9.17) is 0 Å². The maximum Gasteiger partial charge on any atom is 0.286 e. The first-order chi connectivity index (χ1) is 2.43. The number of alkyl halides is 2. The van der Waals surface area contributed by atoms with Gasteiger partial charge in [-0.25, -0.2) is 0 Å². The fourth-order valence-corrected chi connectivity index (χ4v) is 1.19. The van der Waals surface area contributed by atoms with E-state index in [9.17, 15) is 0 Å². The molecule has 0 spiro atoms. The quantitative estimate of drug-likeness (QED) is 0.241.